The fourth-order valence-corrected chi connectivity index (χ4v) is 2.46. The van der Waals surface area contributed by atoms with E-state index in [4.69, 9.17) is 23.2 Å². The molecule has 2 aromatic rings. The number of rotatable bonds is 5. The molecule has 1 N–H and O–H groups in total. The molecular formula is C15H17Cl2N3O. The average molecular weight is 326 g/mol. The summed E-state index contributed by atoms with van der Waals surface area (Å²) in [6.45, 7) is 4.07. The predicted octanol–water partition coefficient (Wildman–Crippen LogP) is 3.60. The minimum Gasteiger partial charge on any atom is -0.382 e. The maximum atomic E-state index is 10.9. The Morgan fingerprint density at radius 3 is 2.57 bits per heavy atom. The third kappa shape index (κ3) is 3.84. The molecule has 2 rings (SSSR count). The summed E-state index contributed by atoms with van der Waals surface area (Å²) in [5.74, 6) is -0.0854. The number of benzene rings is 1. The van der Waals surface area contributed by atoms with Gasteiger partial charge in [0.05, 0.1) is 11.6 Å². The number of halogens is 2. The monoisotopic (exact) mass is 325 g/mol. The summed E-state index contributed by atoms with van der Waals surface area (Å²) in [6, 6.07) is 7.26. The number of nitrogens with zero attached hydrogens (tertiary/aromatic N) is 3. The van der Waals surface area contributed by atoms with Gasteiger partial charge in [-0.05, 0) is 29.7 Å². The van der Waals surface area contributed by atoms with Crippen LogP contribution in [-0.4, -0.2) is 25.5 Å². The van der Waals surface area contributed by atoms with Crippen LogP contribution in [0, 0.1) is 5.92 Å². The van der Waals surface area contributed by atoms with Gasteiger partial charge in [0.2, 0.25) is 0 Å². The number of hydrogen-bond donors (Lipinski definition) is 1. The molecule has 0 radical (unpaired) electrons. The number of aliphatic hydroxyl groups is 1. The standard InChI is InChI=1S/C15H17Cl2N3O/c1-11(2)15(21,8-20-10-18-9-19-20)14(17)7-12-3-5-13(16)6-4-12/h3-7,9-11,21H,8H2,1-2H3/b14-7-. The van der Waals surface area contributed by atoms with Crippen molar-refractivity contribution in [2.24, 2.45) is 5.92 Å². The van der Waals surface area contributed by atoms with E-state index in [-0.39, 0.29) is 12.5 Å². The van der Waals surface area contributed by atoms with E-state index < -0.39 is 5.60 Å². The van der Waals surface area contributed by atoms with E-state index in [0.717, 1.165) is 5.56 Å². The fraction of sp³-hybridized carbons (Fsp3) is 0.333. The third-order valence-electron chi connectivity index (χ3n) is 3.40. The second kappa shape index (κ2) is 6.60. The first-order valence-corrected chi connectivity index (χ1v) is 7.35. The van der Waals surface area contributed by atoms with Crippen LogP contribution >= 0.6 is 23.2 Å². The molecule has 6 heteroatoms. The van der Waals surface area contributed by atoms with Crippen molar-refractivity contribution in [1.82, 2.24) is 14.8 Å². The highest BCUT2D eigenvalue weighted by molar-refractivity contribution is 6.32. The molecule has 112 valence electrons. The molecule has 0 aliphatic rings. The zero-order valence-corrected chi connectivity index (χ0v) is 13.4. The lowest BCUT2D eigenvalue weighted by atomic mass is 9.89. The molecule has 1 atom stereocenters. The Balaban J connectivity index is 2.30. The molecule has 0 aliphatic carbocycles. The molecule has 0 aliphatic heterocycles. The van der Waals surface area contributed by atoms with E-state index in [9.17, 15) is 5.11 Å². The van der Waals surface area contributed by atoms with Crippen molar-refractivity contribution in [3.63, 3.8) is 0 Å². The highest BCUT2D eigenvalue weighted by Crippen LogP contribution is 2.32. The SMILES string of the molecule is CC(C)C(O)(Cn1cncn1)/C(Cl)=C/c1ccc(Cl)cc1. The van der Waals surface area contributed by atoms with Gasteiger partial charge in [-0.1, -0.05) is 49.2 Å². The van der Waals surface area contributed by atoms with E-state index in [2.05, 4.69) is 10.1 Å². The summed E-state index contributed by atoms with van der Waals surface area (Å²) < 4.78 is 1.57. The van der Waals surface area contributed by atoms with Gasteiger partial charge < -0.3 is 5.11 Å². The normalized spacial score (nSPS) is 15.2. The second-order valence-electron chi connectivity index (χ2n) is 5.22. The number of hydrogen-bond acceptors (Lipinski definition) is 3. The van der Waals surface area contributed by atoms with Crippen LogP contribution in [0.3, 0.4) is 0 Å². The molecule has 4 nitrogen and oxygen atoms in total. The van der Waals surface area contributed by atoms with E-state index in [1.165, 1.54) is 6.33 Å². The van der Waals surface area contributed by atoms with E-state index in [1.54, 1.807) is 29.2 Å². The Bertz CT molecular complexity index is 608. The van der Waals surface area contributed by atoms with Crippen LogP contribution in [0.25, 0.3) is 6.08 Å². The minimum atomic E-state index is -1.21. The molecule has 1 aromatic carbocycles. The molecule has 0 fully saturated rings. The topological polar surface area (TPSA) is 50.9 Å². The zero-order chi connectivity index (χ0) is 15.5. The maximum absolute atomic E-state index is 10.9. The first-order valence-electron chi connectivity index (χ1n) is 6.60. The van der Waals surface area contributed by atoms with Crippen LogP contribution < -0.4 is 0 Å². The first kappa shape index (κ1) is 16.0. The van der Waals surface area contributed by atoms with Gasteiger partial charge in [0, 0.05) is 5.02 Å². The quantitative estimate of drug-likeness (QED) is 0.913. The Kier molecular flexibility index (Phi) is 5.04. The largest absolute Gasteiger partial charge is 0.382 e. The Morgan fingerprint density at radius 2 is 2.05 bits per heavy atom. The van der Waals surface area contributed by atoms with Gasteiger partial charge >= 0.3 is 0 Å². The highest BCUT2D eigenvalue weighted by Gasteiger charge is 2.35. The lowest BCUT2D eigenvalue weighted by molar-refractivity contribution is 0.0193. The molecule has 1 unspecified atom stereocenters. The molecule has 0 amide bonds. The Hall–Kier alpha value is -1.36. The minimum absolute atomic E-state index is 0.0854. The molecule has 21 heavy (non-hydrogen) atoms. The molecular weight excluding hydrogens is 309 g/mol. The predicted molar refractivity (Wildman–Crippen MR) is 85.1 cm³/mol. The van der Waals surface area contributed by atoms with Crippen LogP contribution in [0.15, 0.2) is 42.0 Å². The molecule has 1 heterocycles. The highest BCUT2D eigenvalue weighted by atomic mass is 35.5. The fourth-order valence-electron chi connectivity index (χ4n) is 1.93. The van der Waals surface area contributed by atoms with Gasteiger partial charge in [-0.15, -0.1) is 0 Å². The maximum Gasteiger partial charge on any atom is 0.137 e. The van der Waals surface area contributed by atoms with E-state index >= 15 is 0 Å². The van der Waals surface area contributed by atoms with Gasteiger partial charge in [0.15, 0.2) is 0 Å². The zero-order valence-electron chi connectivity index (χ0n) is 11.9. The summed E-state index contributed by atoms with van der Waals surface area (Å²) in [6.07, 6.45) is 4.73. The van der Waals surface area contributed by atoms with Gasteiger partial charge in [0.25, 0.3) is 0 Å². The summed E-state index contributed by atoms with van der Waals surface area (Å²) in [5, 5.41) is 16.0. The summed E-state index contributed by atoms with van der Waals surface area (Å²) in [7, 11) is 0. The molecule has 0 saturated carbocycles. The average Bonchev–Trinajstić information content (AvgIpc) is 2.93. The van der Waals surface area contributed by atoms with Crippen molar-refractivity contribution in [2.75, 3.05) is 0 Å². The summed E-state index contributed by atoms with van der Waals surface area (Å²) in [5.41, 5.74) is -0.336. The summed E-state index contributed by atoms with van der Waals surface area (Å²) in [4.78, 5) is 3.88. The smallest absolute Gasteiger partial charge is 0.137 e. The van der Waals surface area contributed by atoms with Crippen LogP contribution in [-0.2, 0) is 6.54 Å². The Morgan fingerprint density at radius 1 is 1.38 bits per heavy atom. The first-order chi connectivity index (χ1) is 9.91. The van der Waals surface area contributed by atoms with Crippen molar-refractivity contribution in [3.05, 3.63) is 52.5 Å². The van der Waals surface area contributed by atoms with Gasteiger partial charge in [0.1, 0.15) is 18.3 Å². The van der Waals surface area contributed by atoms with Crippen molar-refractivity contribution in [1.29, 1.82) is 0 Å². The second-order valence-corrected chi connectivity index (χ2v) is 6.06. The molecule has 0 bridgehead atoms. The van der Waals surface area contributed by atoms with Gasteiger partial charge in [-0.2, -0.15) is 5.10 Å². The van der Waals surface area contributed by atoms with Crippen molar-refractivity contribution in [2.45, 2.75) is 26.0 Å². The van der Waals surface area contributed by atoms with Crippen molar-refractivity contribution in [3.8, 4) is 0 Å². The van der Waals surface area contributed by atoms with Crippen molar-refractivity contribution < 1.29 is 5.11 Å². The van der Waals surface area contributed by atoms with Crippen LogP contribution in [0.5, 0.6) is 0 Å². The lowest BCUT2D eigenvalue weighted by Gasteiger charge is -2.31. The van der Waals surface area contributed by atoms with E-state index in [1.807, 2.05) is 26.0 Å². The van der Waals surface area contributed by atoms with E-state index in [0.29, 0.717) is 10.1 Å². The molecule has 1 aromatic heterocycles. The number of aromatic nitrogens is 3. The van der Waals surface area contributed by atoms with Gasteiger partial charge in [-0.25, -0.2) is 9.67 Å². The molecule has 0 saturated heterocycles. The van der Waals surface area contributed by atoms with Crippen LogP contribution in [0.2, 0.25) is 5.02 Å². The van der Waals surface area contributed by atoms with Crippen molar-refractivity contribution >= 4 is 29.3 Å². The van der Waals surface area contributed by atoms with Crippen LogP contribution in [0.1, 0.15) is 19.4 Å². The lowest BCUT2D eigenvalue weighted by Crippen LogP contribution is -2.40. The molecule has 0 spiro atoms. The van der Waals surface area contributed by atoms with Gasteiger partial charge in [-0.3, -0.25) is 0 Å². The summed E-state index contributed by atoms with van der Waals surface area (Å²) >= 11 is 12.3. The Labute approximate surface area is 134 Å². The van der Waals surface area contributed by atoms with Crippen LogP contribution in [0.4, 0.5) is 0 Å². The third-order valence-corrected chi connectivity index (χ3v) is 4.09.